The molecule has 1 fully saturated rings. The Hall–Kier alpha value is -4.54. The summed E-state index contributed by atoms with van der Waals surface area (Å²) in [6.07, 6.45) is 0.545. The van der Waals surface area contributed by atoms with E-state index in [2.05, 4.69) is 20.6 Å². The Morgan fingerprint density at radius 2 is 1.74 bits per heavy atom. The minimum Gasteiger partial charge on any atom is -0.383 e. The lowest BCUT2D eigenvalue weighted by atomic mass is 9.95. The van der Waals surface area contributed by atoms with Crippen molar-refractivity contribution in [3.05, 3.63) is 82.9 Å². The molecule has 5 rings (SSSR count). The van der Waals surface area contributed by atoms with E-state index in [1.165, 1.54) is 24.6 Å². The number of anilines is 2. The van der Waals surface area contributed by atoms with Crippen molar-refractivity contribution in [3.63, 3.8) is 0 Å². The van der Waals surface area contributed by atoms with Gasteiger partial charge in [-0.15, -0.1) is 0 Å². The molecule has 0 atom stereocenters. The average molecular weight is 580 g/mol. The molecule has 7 nitrogen and oxygen atoms in total. The van der Waals surface area contributed by atoms with E-state index in [1.807, 2.05) is 0 Å². The van der Waals surface area contributed by atoms with Crippen LogP contribution in [0.15, 0.2) is 54.6 Å². The lowest BCUT2D eigenvalue weighted by molar-refractivity contribution is -0.137. The molecule has 4 aromatic rings. The number of fused-ring (bicyclic) bond motifs is 1. The second kappa shape index (κ2) is 11.8. The third-order valence-corrected chi connectivity index (χ3v) is 7.40. The highest BCUT2D eigenvalue weighted by Crippen LogP contribution is 2.34. The Morgan fingerprint density at radius 1 is 0.976 bits per heavy atom. The first-order chi connectivity index (χ1) is 20.0. The Labute approximate surface area is 239 Å². The number of nitrogens with one attached hydrogen (secondary N) is 2. The van der Waals surface area contributed by atoms with Crippen LogP contribution in [0.3, 0.4) is 0 Å². The van der Waals surface area contributed by atoms with Crippen molar-refractivity contribution in [2.75, 3.05) is 11.1 Å². The number of aryl methyl sites for hydroxylation is 1. The SMILES string of the molecule is Cc1ccc(NC(=O)c2cccc(C(F)(F)F)c2)cc1-c1ccc2nc(CC(=O)NC3CCCCC3)nc(N)c2c1F. The second-order valence-electron chi connectivity index (χ2n) is 10.5. The summed E-state index contributed by atoms with van der Waals surface area (Å²) in [5.41, 5.74) is 6.84. The molecule has 218 valence electrons. The summed E-state index contributed by atoms with van der Waals surface area (Å²) in [6, 6.07) is 12.1. The number of nitrogen functional groups attached to an aromatic ring is 1. The van der Waals surface area contributed by atoms with Crippen LogP contribution in [0.4, 0.5) is 29.1 Å². The van der Waals surface area contributed by atoms with E-state index in [4.69, 9.17) is 5.73 Å². The number of carbonyl (C=O) groups excluding carboxylic acids is 2. The zero-order chi connectivity index (χ0) is 30.0. The monoisotopic (exact) mass is 579 g/mol. The van der Waals surface area contributed by atoms with Crippen LogP contribution in [0.2, 0.25) is 0 Å². The number of amides is 2. The van der Waals surface area contributed by atoms with Gasteiger partial charge in [0, 0.05) is 22.9 Å². The number of nitrogens with two attached hydrogens (primary N) is 1. The summed E-state index contributed by atoms with van der Waals surface area (Å²) in [7, 11) is 0. The number of benzene rings is 3. The highest BCUT2D eigenvalue weighted by atomic mass is 19.4. The third kappa shape index (κ3) is 6.35. The Morgan fingerprint density at radius 3 is 2.48 bits per heavy atom. The van der Waals surface area contributed by atoms with Crippen LogP contribution >= 0.6 is 0 Å². The average Bonchev–Trinajstić information content (AvgIpc) is 2.94. The van der Waals surface area contributed by atoms with Crippen LogP contribution in [0, 0.1) is 12.7 Å². The van der Waals surface area contributed by atoms with Gasteiger partial charge in [-0.25, -0.2) is 14.4 Å². The van der Waals surface area contributed by atoms with Gasteiger partial charge in [-0.05, 0) is 73.4 Å². The third-order valence-electron chi connectivity index (χ3n) is 7.40. The number of aromatic nitrogens is 2. The molecule has 0 bridgehead atoms. The zero-order valence-electron chi connectivity index (χ0n) is 22.8. The van der Waals surface area contributed by atoms with E-state index in [0.717, 1.165) is 43.9 Å². The van der Waals surface area contributed by atoms with Gasteiger partial charge in [0.15, 0.2) is 0 Å². The van der Waals surface area contributed by atoms with Crippen LogP contribution in [-0.2, 0) is 17.4 Å². The maximum absolute atomic E-state index is 15.9. The summed E-state index contributed by atoms with van der Waals surface area (Å²) < 4.78 is 55.1. The number of hydrogen-bond donors (Lipinski definition) is 3. The second-order valence-corrected chi connectivity index (χ2v) is 10.5. The van der Waals surface area contributed by atoms with E-state index in [9.17, 15) is 22.8 Å². The van der Waals surface area contributed by atoms with E-state index < -0.39 is 23.5 Å². The van der Waals surface area contributed by atoms with Gasteiger partial charge in [0.2, 0.25) is 5.91 Å². The molecule has 0 saturated heterocycles. The minimum atomic E-state index is -4.59. The Bertz CT molecular complexity index is 1670. The molecule has 1 heterocycles. The van der Waals surface area contributed by atoms with Crippen LogP contribution in [0.25, 0.3) is 22.0 Å². The van der Waals surface area contributed by atoms with Gasteiger partial charge in [-0.1, -0.05) is 31.4 Å². The number of alkyl halides is 3. The predicted octanol–water partition coefficient (Wildman–Crippen LogP) is 6.59. The minimum absolute atomic E-state index is 0.00161. The van der Waals surface area contributed by atoms with Crippen molar-refractivity contribution < 1.29 is 27.2 Å². The van der Waals surface area contributed by atoms with Crippen molar-refractivity contribution in [1.82, 2.24) is 15.3 Å². The molecule has 3 aromatic carbocycles. The molecule has 2 amide bonds. The lowest BCUT2D eigenvalue weighted by Gasteiger charge is -2.22. The van der Waals surface area contributed by atoms with Gasteiger partial charge >= 0.3 is 6.18 Å². The van der Waals surface area contributed by atoms with Gasteiger partial charge in [-0.3, -0.25) is 9.59 Å². The van der Waals surface area contributed by atoms with Gasteiger partial charge < -0.3 is 16.4 Å². The molecule has 0 unspecified atom stereocenters. The smallest absolute Gasteiger partial charge is 0.383 e. The molecule has 42 heavy (non-hydrogen) atoms. The van der Waals surface area contributed by atoms with Crippen molar-refractivity contribution >= 4 is 34.2 Å². The van der Waals surface area contributed by atoms with Crippen LogP contribution in [-0.4, -0.2) is 27.8 Å². The predicted molar refractivity (Wildman–Crippen MR) is 152 cm³/mol. The number of hydrogen-bond acceptors (Lipinski definition) is 5. The number of halogens is 4. The molecule has 0 radical (unpaired) electrons. The van der Waals surface area contributed by atoms with Crippen LogP contribution in [0.1, 0.15) is 59.4 Å². The van der Waals surface area contributed by atoms with E-state index in [-0.39, 0.29) is 57.7 Å². The maximum Gasteiger partial charge on any atom is 0.416 e. The molecule has 1 aromatic heterocycles. The van der Waals surface area contributed by atoms with Crippen LogP contribution < -0.4 is 16.4 Å². The van der Waals surface area contributed by atoms with Gasteiger partial charge in [-0.2, -0.15) is 13.2 Å². The van der Waals surface area contributed by atoms with Gasteiger partial charge in [0.05, 0.1) is 22.9 Å². The lowest BCUT2D eigenvalue weighted by Crippen LogP contribution is -2.37. The Balaban J connectivity index is 1.39. The molecular weight excluding hydrogens is 550 g/mol. The quantitative estimate of drug-likeness (QED) is 0.223. The summed E-state index contributed by atoms with van der Waals surface area (Å²) in [5, 5.41) is 5.59. The molecule has 1 aliphatic carbocycles. The van der Waals surface area contributed by atoms with Crippen molar-refractivity contribution in [1.29, 1.82) is 0 Å². The standard InChI is InChI=1S/C31H29F4N5O2/c1-17-10-11-21(38-30(42)18-6-5-7-19(14-18)31(33,34)35)15-23(17)22-12-13-24-27(28(22)32)29(36)40-25(39-24)16-26(41)37-20-8-3-2-4-9-20/h5-7,10-15,20H,2-4,8-9,16H2,1H3,(H,37,41)(H,38,42)(H2,36,39,40). The van der Waals surface area contributed by atoms with Crippen molar-refractivity contribution in [3.8, 4) is 11.1 Å². The summed E-state index contributed by atoms with van der Waals surface area (Å²) in [4.78, 5) is 33.8. The summed E-state index contributed by atoms with van der Waals surface area (Å²) in [5.74, 6) is -1.54. The number of rotatable bonds is 6. The molecule has 0 spiro atoms. The van der Waals surface area contributed by atoms with Crippen molar-refractivity contribution in [2.45, 2.75) is 57.7 Å². The molecule has 4 N–H and O–H groups in total. The first-order valence-corrected chi connectivity index (χ1v) is 13.6. The number of carbonyl (C=O) groups is 2. The maximum atomic E-state index is 15.9. The normalized spacial score (nSPS) is 14.1. The first kappa shape index (κ1) is 29.0. The molecule has 1 aliphatic rings. The van der Waals surface area contributed by atoms with Gasteiger partial charge in [0.1, 0.15) is 17.5 Å². The fourth-order valence-electron chi connectivity index (χ4n) is 5.25. The largest absolute Gasteiger partial charge is 0.416 e. The molecule has 1 saturated carbocycles. The molecule has 0 aliphatic heterocycles. The summed E-state index contributed by atoms with van der Waals surface area (Å²) >= 11 is 0. The van der Waals surface area contributed by atoms with Crippen molar-refractivity contribution in [2.24, 2.45) is 0 Å². The highest BCUT2D eigenvalue weighted by molar-refractivity contribution is 6.05. The molecular formula is C31H29F4N5O2. The molecule has 11 heteroatoms. The fourth-order valence-corrected chi connectivity index (χ4v) is 5.25. The van der Waals surface area contributed by atoms with E-state index in [0.29, 0.717) is 11.1 Å². The zero-order valence-corrected chi connectivity index (χ0v) is 22.8. The topological polar surface area (TPSA) is 110 Å². The Kier molecular flexibility index (Phi) is 8.11. The summed E-state index contributed by atoms with van der Waals surface area (Å²) in [6.45, 7) is 1.76. The van der Waals surface area contributed by atoms with Crippen LogP contribution in [0.5, 0.6) is 0 Å². The van der Waals surface area contributed by atoms with E-state index in [1.54, 1.807) is 25.1 Å². The van der Waals surface area contributed by atoms with E-state index >= 15 is 4.39 Å². The fraction of sp³-hybridized carbons (Fsp3) is 0.290. The number of nitrogens with zero attached hydrogens (tertiary/aromatic N) is 2. The first-order valence-electron chi connectivity index (χ1n) is 13.6. The van der Waals surface area contributed by atoms with Gasteiger partial charge in [0.25, 0.3) is 5.91 Å². The highest BCUT2D eigenvalue weighted by Gasteiger charge is 2.31.